The summed E-state index contributed by atoms with van der Waals surface area (Å²) in [4.78, 5) is 39.6. The van der Waals surface area contributed by atoms with Crippen molar-refractivity contribution < 1.29 is 23.9 Å². The molecule has 0 saturated heterocycles. The molecule has 0 radical (unpaired) electrons. The van der Waals surface area contributed by atoms with E-state index in [4.69, 9.17) is 4.74 Å². The molecule has 1 amide bonds. The Kier molecular flexibility index (Phi) is 7.84. The number of ether oxygens (including phenoxy) is 2. The third-order valence-electron chi connectivity index (χ3n) is 2.85. The lowest BCUT2D eigenvalue weighted by Gasteiger charge is -2.02. The number of esters is 2. The normalized spacial score (nSPS) is 10.5. The van der Waals surface area contributed by atoms with E-state index in [0.717, 1.165) is 4.90 Å². The fourth-order valence-corrected chi connectivity index (χ4v) is 3.05. The molecule has 0 atom stereocenters. The molecule has 7 nitrogen and oxygen atoms in total. The summed E-state index contributed by atoms with van der Waals surface area (Å²) in [6, 6.07) is 9.52. The largest absolute Gasteiger partial charge is 0.469 e. The molecule has 0 unspecified atom stereocenters. The number of thioether (sulfide) groups is 1. The van der Waals surface area contributed by atoms with Crippen LogP contribution in [0.1, 0.15) is 5.69 Å². The van der Waals surface area contributed by atoms with Crippen LogP contribution in [0.15, 0.2) is 52.1 Å². The molecule has 0 fully saturated rings. The van der Waals surface area contributed by atoms with Crippen molar-refractivity contribution in [2.24, 2.45) is 0 Å². The fraction of sp³-hybridized carbons (Fsp3) is 0.176. The zero-order valence-electron chi connectivity index (χ0n) is 13.8. The first-order valence-corrected chi connectivity index (χ1v) is 9.19. The Morgan fingerprint density at radius 2 is 2.04 bits per heavy atom. The summed E-state index contributed by atoms with van der Waals surface area (Å²) in [5, 5.41) is 6.05. The van der Waals surface area contributed by atoms with Crippen LogP contribution in [0.3, 0.4) is 0 Å². The monoisotopic (exact) mass is 392 g/mol. The van der Waals surface area contributed by atoms with Crippen molar-refractivity contribution in [1.82, 2.24) is 4.98 Å². The summed E-state index contributed by atoms with van der Waals surface area (Å²) in [5.41, 5.74) is 0.495. The predicted octanol–water partition coefficient (Wildman–Crippen LogP) is 2.65. The van der Waals surface area contributed by atoms with E-state index in [2.05, 4.69) is 15.0 Å². The van der Waals surface area contributed by atoms with Crippen molar-refractivity contribution in [2.45, 2.75) is 11.3 Å². The average Bonchev–Trinajstić information content (AvgIpc) is 3.07. The van der Waals surface area contributed by atoms with Crippen molar-refractivity contribution in [1.29, 1.82) is 0 Å². The van der Waals surface area contributed by atoms with Crippen LogP contribution in [0.2, 0.25) is 0 Å². The maximum absolute atomic E-state index is 11.8. The SMILES string of the molecule is COC(=O)Cc1csc(NC(=O)COC(=O)/C=C/Sc2ccccc2)n1. The number of carbonyl (C=O) groups is 3. The van der Waals surface area contributed by atoms with Crippen molar-refractivity contribution in [3.63, 3.8) is 0 Å². The summed E-state index contributed by atoms with van der Waals surface area (Å²) in [7, 11) is 1.29. The van der Waals surface area contributed by atoms with Crippen LogP contribution in [0.4, 0.5) is 5.13 Å². The van der Waals surface area contributed by atoms with Gasteiger partial charge in [-0.05, 0) is 17.5 Å². The lowest BCUT2D eigenvalue weighted by Crippen LogP contribution is -2.20. The molecular weight excluding hydrogens is 376 g/mol. The van der Waals surface area contributed by atoms with Gasteiger partial charge in [-0.15, -0.1) is 11.3 Å². The highest BCUT2D eigenvalue weighted by atomic mass is 32.2. The lowest BCUT2D eigenvalue weighted by molar-refractivity contribution is -0.142. The van der Waals surface area contributed by atoms with Crippen LogP contribution in [0.5, 0.6) is 0 Å². The Labute approximate surface area is 158 Å². The molecule has 1 heterocycles. The Hall–Kier alpha value is -2.65. The van der Waals surface area contributed by atoms with Gasteiger partial charge in [0.25, 0.3) is 5.91 Å². The highest BCUT2D eigenvalue weighted by molar-refractivity contribution is 8.02. The number of anilines is 1. The first kappa shape index (κ1) is 19.7. The molecule has 0 aliphatic carbocycles. The molecule has 0 spiro atoms. The molecular formula is C17H16N2O5S2. The van der Waals surface area contributed by atoms with Gasteiger partial charge in [0.15, 0.2) is 11.7 Å². The summed E-state index contributed by atoms with van der Waals surface area (Å²) in [6.45, 7) is -0.426. The number of aromatic nitrogens is 1. The smallest absolute Gasteiger partial charge is 0.331 e. The molecule has 2 rings (SSSR count). The quantitative estimate of drug-likeness (QED) is 0.419. The average molecular weight is 392 g/mol. The van der Waals surface area contributed by atoms with Gasteiger partial charge in [-0.2, -0.15) is 0 Å². The first-order chi connectivity index (χ1) is 12.6. The summed E-state index contributed by atoms with van der Waals surface area (Å²) in [6.07, 6.45) is 1.28. The number of thiazole rings is 1. The van der Waals surface area contributed by atoms with Crippen molar-refractivity contribution >= 4 is 46.1 Å². The van der Waals surface area contributed by atoms with Crippen molar-refractivity contribution in [3.05, 3.63) is 52.9 Å². The highest BCUT2D eigenvalue weighted by Crippen LogP contribution is 2.18. The molecule has 1 N–H and O–H groups in total. The predicted molar refractivity (Wildman–Crippen MR) is 98.9 cm³/mol. The Balaban J connectivity index is 1.71. The zero-order chi connectivity index (χ0) is 18.8. The number of hydrogen-bond acceptors (Lipinski definition) is 8. The Bertz CT molecular complexity index is 789. The number of amides is 1. The van der Waals surface area contributed by atoms with Gasteiger partial charge in [0.05, 0.1) is 19.2 Å². The molecule has 0 bridgehead atoms. The molecule has 0 aliphatic rings. The van der Waals surface area contributed by atoms with Crippen LogP contribution < -0.4 is 5.32 Å². The topological polar surface area (TPSA) is 94.6 Å². The van der Waals surface area contributed by atoms with E-state index in [9.17, 15) is 14.4 Å². The third-order valence-corrected chi connectivity index (χ3v) is 4.47. The van der Waals surface area contributed by atoms with Crippen molar-refractivity contribution in [3.8, 4) is 0 Å². The van der Waals surface area contributed by atoms with Crippen molar-refractivity contribution in [2.75, 3.05) is 19.0 Å². The van der Waals surface area contributed by atoms with E-state index in [1.807, 2.05) is 30.3 Å². The van der Waals surface area contributed by atoms with E-state index in [0.29, 0.717) is 10.8 Å². The number of methoxy groups -OCH3 is 1. The molecule has 0 saturated carbocycles. The van der Waals surface area contributed by atoms with Gasteiger partial charge in [-0.25, -0.2) is 9.78 Å². The van der Waals surface area contributed by atoms with E-state index >= 15 is 0 Å². The number of nitrogens with zero attached hydrogens (tertiary/aromatic N) is 1. The minimum absolute atomic E-state index is 0.0295. The summed E-state index contributed by atoms with van der Waals surface area (Å²) in [5.74, 6) is -1.54. The molecule has 26 heavy (non-hydrogen) atoms. The molecule has 1 aromatic heterocycles. The van der Waals surface area contributed by atoms with Crippen LogP contribution in [0, 0.1) is 0 Å². The summed E-state index contributed by atoms with van der Waals surface area (Å²) < 4.78 is 9.40. The van der Waals surface area contributed by atoms with E-state index in [-0.39, 0.29) is 6.42 Å². The minimum Gasteiger partial charge on any atom is -0.469 e. The standard InChI is InChI=1S/C17H16N2O5S2/c1-23-16(22)9-12-11-26-17(18-12)19-14(20)10-24-15(21)7-8-25-13-5-3-2-4-6-13/h2-8,11H,9-10H2,1H3,(H,18,19,20)/b8-7+. The molecule has 9 heteroatoms. The Morgan fingerprint density at radius 3 is 2.77 bits per heavy atom. The summed E-state index contributed by atoms with van der Waals surface area (Å²) >= 11 is 2.53. The van der Waals surface area contributed by atoms with Gasteiger partial charge in [0.2, 0.25) is 0 Å². The number of nitrogens with one attached hydrogen (secondary N) is 1. The highest BCUT2D eigenvalue weighted by Gasteiger charge is 2.11. The van der Waals surface area contributed by atoms with Gasteiger partial charge in [0.1, 0.15) is 0 Å². The van der Waals surface area contributed by atoms with Gasteiger partial charge < -0.3 is 9.47 Å². The van der Waals surface area contributed by atoms with Crippen LogP contribution in [-0.4, -0.2) is 36.5 Å². The minimum atomic E-state index is -0.617. The molecule has 1 aromatic carbocycles. The fourth-order valence-electron chi connectivity index (χ4n) is 1.67. The van der Waals surface area contributed by atoms with Crippen LogP contribution >= 0.6 is 23.1 Å². The maximum atomic E-state index is 11.8. The second-order valence-electron chi connectivity index (χ2n) is 4.79. The van der Waals surface area contributed by atoms with Gasteiger partial charge in [-0.1, -0.05) is 30.0 Å². The molecule has 2 aromatic rings. The van der Waals surface area contributed by atoms with Crippen LogP contribution in [0.25, 0.3) is 0 Å². The number of benzene rings is 1. The van der Waals surface area contributed by atoms with Crippen LogP contribution in [-0.2, 0) is 30.3 Å². The first-order valence-electron chi connectivity index (χ1n) is 7.43. The van der Waals surface area contributed by atoms with E-state index in [1.165, 1.54) is 36.3 Å². The van der Waals surface area contributed by atoms with Gasteiger partial charge >= 0.3 is 11.9 Å². The van der Waals surface area contributed by atoms with E-state index < -0.39 is 24.5 Å². The van der Waals surface area contributed by atoms with Gasteiger partial charge in [-0.3, -0.25) is 14.9 Å². The van der Waals surface area contributed by atoms with Gasteiger partial charge in [0, 0.05) is 16.4 Å². The molecule has 136 valence electrons. The van der Waals surface area contributed by atoms with E-state index in [1.54, 1.807) is 10.8 Å². The zero-order valence-corrected chi connectivity index (χ0v) is 15.5. The lowest BCUT2D eigenvalue weighted by atomic mass is 10.3. The number of hydrogen-bond donors (Lipinski definition) is 1. The second-order valence-corrected chi connectivity index (χ2v) is 6.62. The Morgan fingerprint density at radius 1 is 1.27 bits per heavy atom. The number of carbonyl (C=O) groups excluding carboxylic acids is 3. The third kappa shape index (κ3) is 7.08. The number of rotatable bonds is 8. The maximum Gasteiger partial charge on any atom is 0.331 e. The second kappa shape index (κ2) is 10.4. The molecule has 0 aliphatic heterocycles.